The van der Waals surface area contributed by atoms with Crippen LogP contribution in [0, 0.1) is 0 Å². The molecule has 0 bridgehead atoms. The summed E-state index contributed by atoms with van der Waals surface area (Å²) in [6.07, 6.45) is 4.36. The number of benzene rings is 3. The average Bonchev–Trinajstić information content (AvgIpc) is 3.22. The summed E-state index contributed by atoms with van der Waals surface area (Å²) in [5, 5.41) is 0.590. The van der Waals surface area contributed by atoms with Gasteiger partial charge in [-0.25, -0.2) is 4.79 Å². The quantitative estimate of drug-likeness (QED) is 0.112. The van der Waals surface area contributed by atoms with Gasteiger partial charge in [0.25, 0.3) is 5.91 Å². The van der Waals surface area contributed by atoms with Gasteiger partial charge in [0, 0.05) is 27.8 Å². The molecule has 40 heavy (non-hydrogen) atoms. The monoisotopic (exact) mass is 608 g/mol. The molecule has 0 saturated carbocycles. The molecule has 0 atom stereocenters. The van der Waals surface area contributed by atoms with Crippen molar-refractivity contribution in [2.75, 3.05) is 18.6 Å². The lowest BCUT2D eigenvalue weighted by Gasteiger charge is -2.31. The number of nitrogens with zero attached hydrogens (tertiary/aromatic N) is 2. The molecular formula is C30H25ClN2O4S3. The second-order valence-corrected chi connectivity index (χ2v) is 12.4. The van der Waals surface area contributed by atoms with E-state index in [1.165, 1.54) is 18.9 Å². The molecule has 2 aliphatic heterocycles. The van der Waals surface area contributed by atoms with Gasteiger partial charge in [0.05, 0.1) is 29.0 Å². The number of ether oxygens (including phenoxy) is 1. The molecule has 3 aromatic carbocycles. The molecule has 0 aromatic heterocycles. The molecule has 204 valence electrons. The first-order valence-electron chi connectivity index (χ1n) is 12.7. The minimum Gasteiger partial charge on any atom is -0.465 e. The Kier molecular flexibility index (Phi) is 8.95. The molecule has 0 aliphatic carbocycles. The largest absolute Gasteiger partial charge is 0.465 e. The zero-order valence-corrected chi connectivity index (χ0v) is 24.8. The van der Waals surface area contributed by atoms with Gasteiger partial charge in [0.1, 0.15) is 4.32 Å². The molecule has 2 amide bonds. The number of hydrogen-bond acceptors (Lipinski definition) is 7. The second-order valence-electron chi connectivity index (χ2n) is 9.17. The van der Waals surface area contributed by atoms with Gasteiger partial charge in [-0.1, -0.05) is 78.0 Å². The highest BCUT2D eigenvalue weighted by atomic mass is 35.5. The van der Waals surface area contributed by atoms with E-state index < -0.39 is 5.97 Å². The molecule has 0 N–H and O–H groups in total. The standard InChI is InChI=1S/C30H25ClN2O4S3/c1-37-29(36)20-12-10-19(11-13-20)17-26-28(35)32(30(38)40-26)16-6-2-3-9-27(34)33-22-7-4-5-8-24(22)39-25-15-14-21(31)18-23(25)33/h4-5,7-8,10-15,17-18H,2-3,6,9,16H2,1H3/b26-17-. The lowest BCUT2D eigenvalue weighted by Crippen LogP contribution is -2.29. The highest BCUT2D eigenvalue weighted by Gasteiger charge is 2.32. The summed E-state index contributed by atoms with van der Waals surface area (Å²) < 4.78 is 5.25. The molecule has 2 heterocycles. The van der Waals surface area contributed by atoms with E-state index in [9.17, 15) is 14.4 Å². The Bertz CT molecular complexity index is 1520. The fourth-order valence-electron chi connectivity index (χ4n) is 4.51. The molecule has 3 aromatic rings. The van der Waals surface area contributed by atoms with Crippen molar-refractivity contribution >= 4 is 86.9 Å². The van der Waals surface area contributed by atoms with E-state index in [-0.39, 0.29) is 11.8 Å². The van der Waals surface area contributed by atoms with Crippen LogP contribution in [-0.4, -0.2) is 40.7 Å². The predicted molar refractivity (Wildman–Crippen MR) is 165 cm³/mol. The number of rotatable bonds is 8. The summed E-state index contributed by atoms with van der Waals surface area (Å²) in [4.78, 5) is 44.0. The molecular weight excluding hydrogens is 584 g/mol. The van der Waals surface area contributed by atoms with Crippen molar-refractivity contribution in [2.45, 2.75) is 35.5 Å². The summed E-state index contributed by atoms with van der Waals surface area (Å²) in [7, 11) is 1.34. The lowest BCUT2D eigenvalue weighted by molar-refractivity contribution is -0.122. The van der Waals surface area contributed by atoms with Gasteiger partial charge in [-0.2, -0.15) is 0 Å². The summed E-state index contributed by atoms with van der Waals surface area (Å²) in [5.74, 6) is -0.518. The summed E-state index contributed by atoms with van der Waals surface area (Å²) in [6.45, 7) is 0.499. The number of carbonyl (C=O) groups is 3. The smallest absolute Gasteiger partial charge is 0.337 e. The number of thioether (sulfide) groups is 1. The molecule has 10 heteroatoms. The maximum absolute atomic E-state index is 13.4. The van der Waals surface area contributed by atoms with Gasteiger partial charge in [-0.15, -0.1) is 0 Å². The zero-order valence-electron chi connectivity index (χ0n) is 21.6. The minimum absolute atomic E-state index is 0.0167. The van der Waals surface area contributed by atoms with Crippen molar-refractivity contribution < 1.29 is 19.1 Å². The normalized spacial score (nSPS) is 15.3. The number of amides is 2. The van der Waals surface area contributed by atoms with Crippen LogP contribution in [-0.2, 0) is 14.3 Å². The van der Waals surface area contributed by atoms with E-state index in [0.29, 0.717) is 39.2 Å². The Hall–Kier alpha value is -3.11. The van der Waals surface area contributed by atoms with Crippen molar-refractivity contribution in [1.82, 2.24) is 4.90 Å². The van der Waals surface area contributed by atoms with Gasteiger partial charge >= 0.3 is 5.97 Å². The van der Waals surface area contributed by atoms with Crippen LogP contribution >= 0.6 is 47.3 Å². The van der Waals surface area contributed by atoms with Crippen molar-refractivity contribution in [1.29, 1.82) is 0 Å². The summed E-state index contributed by atoms with van der Waals surface area (Å²) in [6, 6.07) is 20.4. The molecule has 6 nitrogen and oxygen atoms in total. The second kappa shape index (κ2) is 12.6. The Labute approximate surface area is 251 Å². The van der Waals surface area contributed by atoms with E-state index in [4.69, 9.17) is 28.6 Å². The maximum atomic E-state index is 13.4. The first-order chi connectivity index (χ1) is 19.4. The van der Waals surface area contributed by atoms with E-state index in [1.54, 1.807) is 51.9 Å². The van der Waals surface area contributed by atoms with Gasteiger partial charge in [0.15, 0.2) is 0 Å². The van der Waals surface area contributed by atoms with Crippen LogP contribution in [0.5, 0.6) is 0 Å². The van der Waals surface area contributed by atoms with Crippen molar-refractivity contribution in [3.05, 3.63) is 87.8 Å². The molecule has 2 aliphatic rings. The van der Waals surface area contributed by atoms with Crippen LogP contribution in [0.4, 0.5) is 11.4 Å². The Morgan fingerprint density at radius 1 is 0.950 bits per heavy atom. The van der Waals surface area contributed by atoms with Crippen LogP contribution in [0.15, 0.2) is 81.4 Å². The fourth-order valence-corrected chi connectivity index (χ4v) is 7.02. The molecule has 5 rings (SSSR count). The number of para-hydroxylation sites is 1. The van der Waals surface area contributed by atoms with Gasteiger partial charge < -0.3 is 4.74 Å². The van der Waals surface area contributed by atoms with Crippen LogP contribution in [0.1, 0.15) is 41.6 Å². The fraction of sp³-hybridized carbons (Fsp3) is 0.200. The number of methoxy groups -OCH3 is 1. The first kappa shape index (κ1) is 28.4. The van der Waals surface area contributed by atoms with Crippen LogP contribution < -0.4 is 4.90 Å². The Morgan fingerprint density at radius 3 is 2.48 bits per heavy atom. The van der Waals surface area contributed by atoms with Crippen molar-refractivity contribution in [2.24, 2.45) is 0 Å². The number of esters is 1. The van der Waals surface area contributed by atoms with Gasteiger partial charge in [-0.05, 0) is 66.9 Å². The molecule has 1 fully saturated rings. The molecule has 1 saturated heterocycles. The molecule has 0 radical (unpaired) electrons. The van der Waals surface area contributed by atoms with Gasteiger partial charge in [-0.3, -0.25) is 19.4 Å². The van der Waals surface area contributed by atoms with Crippen LogP contribution in [0.3, 0.4) is 0 Å². The zero-order chi connectivity index (χ0) is 28.2. The SMILES string of the molecule is COC(=O)c1ccc(/C=C2\SC(=S)N(CCCCCC(=O)N3c4ccccc4Sc4ccc(Cl)cc43)C2=O)cc1. The molecule has 0 unspecified atom stereocenters. The highest BCUT2D eigenvalue weighted by Crippen LogP contribution is 2.49. The summed E-state index contributed by atoms with van der Waals surface area (Å²) in [5.41, 5.74) is 2.93. The Morgan fingerprint density at radius 2 is 1.70 bits per heavy atom. The number of thiocarbonyl (C=S) groups is 1. The van der Waals surface area contributed by atoms with Crippen LogP contribution in [0.25, 0.3) is 6.08 Å². The average molecular weight is 609 g/mol. The molecule has 0 spiro atoms. The predicted octanol–water partition coefficient (Wildman–Crippen LogP) is 7.72. The van der Waals surface area contributed by atoms with E-state index in [2.05, 4.69) is 0 Å². The van der Waals surface area contributed by atoms with E-state index in [1.807, 2.05) is 42.5 Å². The van der Waals surface area contributed by atoms with Crippen LogP contribution in [0.2, 0.25) is 5.02 Å². The third-order valence-corrected chi connectivity index (χ3v) is 9.26. The number of carbonyl (C=O) groups excluding carboxylic acids is 3. The number of fused-ring (bicyclic) bond motifs is 2. The maximum Gasteiger partial charge on any atom is 0.337 e. The van der Waals surface area contributed by atoms with E-state index in [0.717, 1.165) is 39.6 Å². The topological polar surface area (TPSA) is 66.9 Å². The Balaban J connectivity index is 1.15. The number of hydrogen-bond donors (Lipinski definition) is 0. The minimum atomic E-state index is -0.409. The number of anilines is 2. The number of halogens is 1. The summed E-state index contributed by atoms with van der Waals surface area (Å²) >= 11 is 14.6. The first-order valence-corrected chi connectivity index (χ1v) is 15.1. The van der Waals surface area contributed by atoms with E-state index >= 15 is 0 Å². The third-order valence-electron chi connectivity index (χ3n) is 6.51. The van der Waals surface area contributed by atoms with Gasteiger partial charge in [0.2, 0.25) is 5.91 Å². The van der Waals surface area contributed by atoms with Crippen molar-refractivity contribution in [3.63, 3.8) is 0 Å². The van der Waals surface area contributed by atoms with Crippen molar-refractivity contribution in [3.8, 4) is 0 Å². The lowest BCUT2D eigenvalue weighted by atomic mass is 10.1. The number of unbranched alkanes of at least 4 members (excludes halogenated alkanes) is 2. The third kappa shape index (κ3) is 6.12. The highest BCUT2D eigenvalue weighted by molar-refractivity contribution is 8.26.